The van der Waals surface area contributed by atoms with Gasteiger partial charge in [-0.25, -0.2) is 0 Å². The van der Waals surface area contributed by atoms with Gasteiger partial charge in [-0.2, -0.15) is 0 Å². The molecule has 2 heteroatoms. The second kappa shape index (κ2) is 6.68. The smallest absolute Gasteiger partial charge is 0.0870 e. The average molecular weight is 332 g/mol. The predicted molar refractivity (Wildman–Crippen MR) is 118 cm³/mol. The van der Waals surface area contributed by atoms with Crippen LogP contribution in [0.4, 0.5) is 0 Å². The van der Waals surface area contributed by atoms with Crippen LogP contribution in [0.15, 0.2) is 54.6 Å². The van der Waals surface area contributed by atoms with Gasteiger partial charge in [0.2, 0.25) is 0 Å². The number of aryl methyl sites for hydroxylation is 1. The van der Waals surface area contributed by atoms with Crippen LogP contribution in [0, 0.1) is 6.92 Å². The fourth-order valence-electron chi connectivity index (χ4n) is 4.12. The summed E-state index contributed by atoms with van der Waals surface area (Å²) in [5.74, 6) is 0. The van der Waals surface area contributed by atoms with E-state index in [1.807, 2.05) is 13.8 Å². The molecule has 0 saturated carbocycles. The molecule has 2 aliphatic rings. The van der Waals surface area contributed by atoms with E-state index in [1.165, 1.54) is 55.2 Å². The zero-order chi connectivity index (χ0) is 18.3. The van der Waals surface area contributed by atoms with Gasteiger partial charge in [0.25, 0.3) is 0 Å². The third-order valence-electron chi connectivity index (χ3n) is 5.24. The molecule has 0 saturated heterocycles. The zero-order valence-electron chi connectivity index (χ0n) is 15.9. The summed E-state index contributed by atoms with van der Waals surface area (Å²) < 4.78 is 0. The Morgan fingerprint density at radius 1 is 0.731 bits per heavy atom. The molecule has 5 rings (SSSR count). The first-order valence-corrected chi connectivity index (χ1v) is 9.50. The summed E-state index contributed by atoms with van der Waals surface area (Å²) in [7, 11) is 4.70. The molecular formula is C24H22B2. The minimum atomic E-state index is 1.33. The van der Waals surface area contributed by atoms with Gasteiger partial charge in [-0.15, -0.1) is 0 Å². The molecule has 0 bridgehead atoms. The second-order valence-electron chi connectivity index (χ2n) is 6.62. The van der Waals surface area contributed by atoms with E-state index in [9.17, 15) is 0 Å². The molecule has 0 aromatic heterocycles. The van der Waals surface area contributed by atoms with Crippen molar-refractivity contribution >= 4 is 42.5 Å². The van der Waals surface area contributed by atoms with Crippen LogP contribution in [0.3, 0.4) is 0 Å². The lowest BCUT2D eigenvalue weighted by Crippen LogP contribution is -2.39. The van der Waals surface area contributed by atoms with Gasteiger partial charge >= 0.3 is 0 Å². The molecular weight excluding hydrogens is 310 g/mol. The lowest BCUT2D eigenvalue weighted by atomic mass is 9.57. The maximum atomic E-state index is 2.36. The maximum Gasteiger partial charge on any atom is 0.192 e. The monoisotopic (exact) mass is 332 g/mol. The Labute approximate surface area is 158 Å². The number of hydrogen-bond donors (Lipinski definition) is 0. The minimum absolute atomic E-state index is 1.33. The van der Waals surface area contributed by atoms with E-state index in [4.69, 9.17) is 0 Å². The van der Waals surface area contributed by atoms with Crippen molar-refractivity contribution in [3.8, 4) is 22.3 Å². The van der Waals surface area contributed by atoms with Gasteiger partial charge < -0.3 is 0 Å². The van der Waals surface area contributed by atoms with E-state index in [2.05, 4.69) is 89.1 Å². The fraction of sp³-hybridized carbons (Fsp3) is 0.167. The molecule has 2 aliphatic heterocycles. The van der Waals surface area contributed by atoms with Gasteiger partial charge in [0.1, 0.15) is 0 Å². The van der Waals surface area contributed by atoms with E-state index in [-0.39, 0.29) is 0 Å². The third kappa shape index (κ3) is 2.40. The Morgan fingerprint density at radius 2 is 1.42 bits per heavy atom. The van der Waals surface area contributed by atoms with Gasteiger partial charge in [-0.3, -0.25) is 0 Å². The molecule has 0 spiro atoms. The van der Waals surface area contributed by atoms with Gasteiger partial charge in [-0.05, 0) is 47.2 Å². The first-order valence-electron chi connectivity index (χ1n) is 9.50. The Balaban J connectivity index is 0.000000814. The van der Waals surface area contributed by atoms with Crippen molar-refractivity contribution in [3.63, 3.8) is 0 Å². The van der Waals surface area contributed by atoms with E-state index >= 15 is 0 Å². The highest BCUT2D eigenvalue weighted by Gasteiger charge is 2.29. The summed E-state index contributed by atoms with van der Waals surface area (Å²) in [4.78, 5) is 0. The summed E-state index contributed by atoms with van der Waals surface area (Å²) >= 11 is 0. The maximum absolute atomic E-state index is 2.36. The van der Waals surface area contributed by atoms with Crippen molar-refractivity contribution in [2.45, 2.75) is 27.7 Å². The first kappa shape index (κ1) is 17.0. The predicted octanol–water partition coefficient (Wildman–Crippen LogP) is 3.33. The topological polar surface area (TPSA) is 0 Å². The molecule has 0 aliphatic carbocycles. The molecule has 0 unspecified atom stereocenters. The summed E-state index contributed by atoms with van der Waals surface area (Å²) in [5.41, 5.74) is 13.5. The van der Waals surface area contributed by atoms with Crippen LogP contribution in [0.2, 0.25) is 0 Å². The zero-order valence-corrected chi connectivity index (χ0v) is 15.9. The summed E-state index contributed by atoms with van der Waals surface area (Å²) in [6, 6.07) is 17.8. The van der Waals surface area contributed by atoms with E-state index in [0.29, 0.717) is 0 Å². The lowest BCUT2D eigenvalue weighted by molar-refractivity contribution is 1.46. The van der Waals surface area contributed by atoms with Crippen LogP contribution in [0.1, 0.15) is 31.9 Å². The number of benzene rings is 3. The largest absolute Gasteiger partial charge is 0.192 e. The molecule has 0 amide bonds. The highest BCUT2D eigenvalue weighted by Crippen LogP contribution is 2.30. The van der Waals surface area contributed by atoms with E-state index in [0.717, 1.165) is 0 Å². The minimum Gasteiger partial charge on any atom is -0.0870 e. The summed E-state index contributed by atoms with van der Waals surface area (Å²) in [6.07, 6.45) is 4.37. The number of hydrogen-bond acceptors (Lipinski definition) is 0. The van der Waals surface area contributed by atoms with Gasteiger partial charge in [0.15, 0.2) is 14.6 Å². The van der Waals surface area contributed by atoms with Crippen LogP contribution in [0.5, 0.6) is 0 Å². The van der Waals surface area contributed by atoms with Crippen molar-refractivity contribution in [2.24, 2.45) is 0 Å². The normalized spacial score (nSPS) is 12.3. The van der Waals surface area contributed by atoms with Crippen LogP contribution < -0.4 is 21.9 Å². The van der Waals surface area contributed by atoms with Crippen molar-refractivity contribution in [3.05, 3.63) is 65.7 Å². The Hall–Kier alpha value is -2.47. The number of rotatable bonds is 1. The van der Waals surface area contributed by atoms with Crippen molar-refractivity contribution < 1.29 is 0 Å². The SMILES string of the molecule is C/C=C\c1c(C)ccc2c1-c1ccc3c(c1[B]2)[B]c1ccccc1-3.CC. The Morgan fingerprint density at radius 3 is 2.23 bits per heavy atom. The quantitative estimate of drug-likeness (QED) is 0.413. The van der Waals surface area contributed by atoms with E-state index < -0.39 is 0 Å². The van der Waals surface area contributed by atoms with Gasteiger partial charge in [0, 0.05) is 0 Å². The van der Waals surface area contributed by atoms with Gasteiger partial charge in [0.05, 0.1) is 0 Å². The molecule has 2 radical (unpaired) electrons. The van der Waals surface area contributed by atoms with Gasteiger partial charge in [-0.1, -0.05) is 96.4 Å². The molecule has 2 heterocycles. The molecule has 124 valence electrons. The molecule has 0 fully saturated rings. The lowest BCUT2D eigenvalue weighted by Gasteiger charge is -2.12. The highest BCUT2D eigenvalue weighted by atomic mass is 14.2. The molecule has 3 aromatic rings. The van der Waals surface area contributed by atoms with E-state index in [1.54, 1.807) is 0 Å². The van der Waals surface area contributed by atoms with Crippen molar-refractivity contribution in [1.29, 1.82) is 0 Å². The molecule has 3 aromatic carbocycles. The van der Waals surface area contributed by atoms with Crippen molar-refractivity contribution in [2.75, 3.05) is 0 Å². The standard InChI is InChI=1S/C22H16B2.C2H6/c1-3-6-14-13(2)9-12-19-20(14)17-11-10-16-15-7-4-5-8-18(15)23-21(16)22(17)24-19;1-2/h3-12H,1-2H3;1-2H3/b6-3-;. The number of allylic oxidation sites excluding steroid dienone is 1. The molecule has 0 N–H and O–H groups in total. The molecule has 0 nitrogen and oxygen atoms in total. The van der Waals surface area contributed by atoms with Crippen LogP contribution >= 0.6 is 0 Å². The molecule has 26 heavy (non-hydrogen) atoms. The van der Waals surface area contributed by atoms with Crippen molar-refractivity contribution in [1.82, 2.24) is 0 Å². The first-order chi connectivity index (χ1) is 12.8. The number of fused-ring (bicyclic) bond motifs is 7. The Kier molecular flexibility index (Phi) is 4.36. The summed E-state index contributed by atoms with van der Waals surface area (Å²) in [5, 5.41) is 0. The second-order valence-corrected chi connectivity index (χ2v) is 6.62. The Bertz CT molecular complexity index is 1030. The fourth-order valence-corrected chi connectivity index (χ4v) is 4.12. The van der Waals surface area contributed by atoms with Crippen LogP contribution in [-0.2, 0) is 0 Å². The van der Waals surface area contributed by atoms with Crippen LogP contribution in [0.25, 0.3) is 28.3 Å². The average Bonchev–Trinajstić information content (AvgIpc) is 3.24. The highest BCUT2D eigenvalue weighted by molar-refractivity contribution is 6.84. The molecule has 0 atom stereocenters. The summed E-state index contributed by atoms with van der Waals surface area (Å²) in [6.45, 7) is 8.29. The third-order valence-corrected chi connectivity index (χ3v) is 5.24. The van der Waals surface area contributed by atoms with Crippen LogP contribution in [-0.4, -0.2) is 14.6 Å².